The molecule has 3 N–H and O–H groups in total. The molecule has 0 aliphatic rings. The maximum atomic E-state index is 9.93. The molecule has 0 aliphatic carbocycles. The molecule has 0 saturated carbocycles. The van der Waals surface area contributed by atoms with Gasteiger partial charge in [-0.25, -0.2) is 0 Å². The third kappa shape index (κ3) is 1.52. The Morgan fingerprint density at radius 2 is 2.19 bits per heavy atom. The molecule has 0 saturated heterocycles. The van der Waals surface area contributed by atoms with Crippen LogP contribution >= 0.6 is 11.6 Å². The molecule has 2 rings (SSSR count). The van der Waals surface area contributed by atoms with E-state index < -0.39 is 6.10 Å². The fourth-order valence-corrected chi connectivity index (χ4v) is 2.46. The molecule has 16 heavy (non-hydrogen) atoms. The number of aromatic nitrogens is 1. The molecule has 3 nitrogen and oxygen atoms in total. The lowest BCUT2D eigenvalue weighted by molar-refractivity contribution is 0.187. The van der Waals surface area contributed by atoms with E-state index in [1.807, 2.05) is 36.7 Å². The highest BCUT2D eigenvalue weighted by atomic mass is 35.5. The van der Waals surface area contributed by atoms with E-state index in [1.165, 1.54) is 0 Å². The standard InChI is InChI=1S/C12H15ClN2O/c1-7-11(10(16)6-14)8-4-3-5-9(13)12(8)15(7)2/h3-5,10,16H,6,14H2,1-2H3. The first-order valence-corrected chi connectivity index (χ1v) is 5.57. The molecule has 1 heterocycles. The number of hydrogen-bond acceptors (Lipinski definition) is 2. The SMILES string of the molecule is Cc1c(C(O)CN)c2cccc(Cl)c2n1C. The van der Waals surface area contributed by atoms with Crippen molar-refractivity contribution in [1.82, 2.24) is 4.57 Å². The van der Waals surface area contributed by atoms with E-state index in [1.54, 1.807) is 0 Å². The summed E-state index contributed by atoms with van der Waals surface area (Å²) in [7, 11) is 1.94. The molecule has 1 unspecified atom stereocenters. The van der Waals surface area contributed by atoms with Gasteiger partial charge in [-0.2, -0.15) is 0 Å². The molecule has 0 radical (unpaired) electrons. The summed E-state index contributed by atoms with van der Waals surface area (Å²) in [6.45, 7) is 2.18. The van der Waals surface area contributed by atoms with Crippen LogP contribution in [0.1, 0.15) is 17.4 Å². The Balaban J connectivity index is 2.84. The first-order chi connectivity index (χ1) is 7.57. The molecular formula is C12H15ClN2O. The fraction of sp³-hybridized carbons (Fsp3) is 0.333. The first-order valence-electron chi connectivity index (χ1n) is 5.19. The molecule has 1 aromatic heterocycles. The number of hydrogen-bond donors (Lipinski definition) is 2. The summed E-state index contributed by atoms with van der Waals surface area (Å²) in [5.74, 6) is 0. The maximum absolute atomic E-state index is 9.93. The predicted octanol–water partition coefficient (Wildman–Crippen LogP) is 2.13. The zero-order valence-electron chi connectivity index (χ0n) is 9.37. The van der Waals surface area contributed by atoms with E-state index in [9.17, 15) is 5.11 Å². The molecule has 0 fully saturated rings. The summed E-state index contributed by atoms with van der Waals surface area (Å²) in [5, 5.41) is 11.6. The van der Waals surface area contributed by atoms with Crippen molar-refractivity contribution in [3.63, 3.8) is 0 Å². The summed E-state index contributed by atoms with van der Waals surface area (Å²) >= 11 is 6.16. The Hall–Kier alpha value is -1.03. The van der Waals surface area contributed by atoms with Crippen LogP contribution in [-0.2, 0) is 7.05 Å². The van der Waals surface area contributed by atoms with Crippen molar-refractivity contribution >= 4 is 22.5 Å². The highest BCUT2D eigenvalue weighted by Gasteiger charge is 2.18. The predicted molar refractivity (Wildman–Crippen MR) is 66.7 cm³/mol. The number of fused-ring (bicyclic) bond motifs is 1. The first kappa shape index (κ1) is 11.5. The number of aliphatic hydroxyl groups is 1. The molecule has 86 valence electrons. The van der Waals surface area contributed by atoms with Crippen molar-refractivity contribution in [2.45, 2.75) is 13.0 Å². The van der Waals surface area contributed by atoms with Gasteiger partial charge in [-0.3, -0.25) is 0 Å². The lowest BCUT2D eigenvalue weighted by Crippen LogP contribution is -2.12. The van der Waals surface area contributed by atoms with Gasteiger partial charge in [-0.15, -0.1) is 0 Å². The minimum Gasteiger partial charge on any atom is -0.387 e. The largest absolute Gasteiger partial charge is 0.387 e. The smallest absolute Gasteiger partial charge is 0.0935 e. The van der Waals surface area contributed by atoms with Crippen LogP contribution in [0.3, 0.4) is 0 Å². The van der Waals surface area contributed by atoms with Crippen molar-refractivity contribution in [1.29, 1.82) is 0 Å². The molecule has 4 heteroatoms. The maximum Gasteiger partial charge on any atom is 0.0935 e. The fourth-order valence-electron chi connectivity index (χ4n) is 2.16. The number of benzene rings is 1. The third-order valence-electron chi connectivity index (χ3n) is 3.06. The Kier molecular flexibility index (Phi) is 2.93. The summed E-state index contributed by atoms with van der Waals surface area (Å²) in [6, 6.07) is 5.70. The average Bonchev–Trinajstić information content (AvgIpc) is 2.52. The second kappa shape index (κ2) is 4.09. The van der Waals surface area contributed by atoms with Crippen LogP contribution in [0.15, 0.2) is 18.2 Å². The van der Waals surface area contributed by atoms with Crippen molar-refractivity contribution in [2.24, 2.45) is 12.8 Å². The van der Waals surface area contributed by atoms with E-state index >= 15 is 0 Å². The minimum atomic E-state index is -0.637. The Morgan fingerprint density at radius 3 is 2.81 bits per heavy atom. The van der Waals surface area contributed by atoms with Gasteiger partial charge in [0.15, 0.2) is 0 Å². The van der Waals surface area contributed by atoms with Crippen LogP contribution in [0.5, 0.6) is 0 Å². The van der Waals surface area contributed by atoms with E-state index in [4.69, 9.17) is 17.3 Å². The number of rotatable bonds is 2. The lowest BCUT2D eigenvalue weighted by atomic mass is 10.1. The quantitative estimate of drug-likeness (QED) is 0.842. The number of para-hydroxylation sites is 1. The monoisotopic (exact) mass is 238 g/mol. The lowest BCUT2D eigenvalue weighted by Gasteiger charge is -2.08. The molecule has 0 spiro atoms. The Morgan fingerprint density at radius 1 is 1.50 bits per heavy atom. The van der Waals surface area contributed by atoms with Crippen LogP contribution in [0, 0.1) is 6.92 Å². The second-order valence-corrected chi connectivity index (χ2v) is 4.35. The molecule has 1 aromatic carbocycles. The van der Waals surface area contributed by atoms with Crippen molar-refractivity contribution in [3.05, 3.63) is 34.5 Å². The van der Waals surface area contributed by atoms with Gasteiger partial charge < -0.3 is 15.4 Å². The highest BCUT2D eigenvalue weighted by molar-refractivity contribution is 6.35. The normalized spacial score (nSPS) is 13.3. The Bertz CT molecular complexity index is 533. The van der Waals surface area contributed by atoms with Crippen LogP contribution in [0.2, 0.25) is 5.02 Å². The van der Waals surface area contributed by atoms with E-state index in [2.05, 4.69) is 0 Å². The summed E-state index contributed by atoms with van der Waals surface area (Å²) in [4.78, 5) is 0. The summed E-state index contributed by atoms with van der Waals surface area (Å²) in [6.07, 6.45) is -0.637. The Labute approximate surface area is 99.4 Å². The van der Waals surface area contributed by atoms with Crippen LogP contribution in [0.25, 0.3) is 10.9 Å². The second-order valence-electron chi connectivity index (χ2n) is 3.95. The van der Waals surface area contributed by atoms with Crippen molar-refractivity contribution in [2.75, 3.05) is 6.54 Å². The van der Waals surface area contributed by atoms with Crippen LogP contribution in [0.4, 0.5) is 0 Å². The number of aryl methyl sites for hydroxylation is 1. The summed E-state index contributed by atoms with van der Waals surface area (Å²) < 4.78 is 1.99. The van der Waals surface area contributed by atoms with Gasteiger partial charge in [-0.1, -0.05) is 23.7 Å². The van der Waals surface area contributed by atoms with Gasteiger partial charge in [0.25, 0.3) is 0 Å². The number of nitrogens with zero attached hydrogens (tertiary/aromatic N) is 1. The van der Waals surface area contributed by atoms with Gasteiger partial charge in [-0.05, 0) is 13.0 Å². The topological polar surface area (TPSA) is 51.2 Å². The van der Waals surface area contributed by atoms with Crippen LogP contribution < -0.4 is 5.73 Å². The molecule has 0 amide bonds. The van der Waals surface area contributed by atoms with E-state index in [0.29, 0.717) is 5.02 Å². The molecule has 0 bridgehead atoms. The van der Waals surface area contributed by atoms with Gasteiger partial charge in [0, 0.05) is 30.2 Å². The van der Waals surface area contributed by atoms with Gasteiger partial charge >= 0.3 is 0 Å². The zero-order chi connectivity index (χ0) is 11.9. The molecule has 1 atom stereocenters. The number of halogens is 1. The van der Waals surface area contributed by atoms with Gasteiger partial charge in [0.1, 0.15) is 0 Å². The molecular weight excluding hydrogens is 224 g/mol. The molecule has 0 aliphatic heterocycles. The highest BCUT2D eigenvalue weighted by Crippen LogP contribution is 2.33. The number of aliphatic hydroxyl groups excluding tert-OH is 1. The molecule has 2 aromatic rings. The van der Waals surface area contributed by atoms with E-state index in [0.717, 1.165) is 22.2 Å². The van der Waals surface area contributed by atoms with Crippen LogP contribution in [-0.4, -0.2) is 16.2 Å². The third-order valence-corrected chi connectivity index (χ3v) is 3.37. The van der Waals surface area contributed by atoms with Gasteiger partial charge in [0.2, 0.25) is 0 Å². The van der Waals surface area contributed by atoms with Crippen molar-refractivity contribution in [3.8, 4) is 0 Å². The zero-order valence-corrected chi connectivity index (χ0v) is 10.1. The minimum absolute atomic E-state index is 0.215. The number of nitrogens with two attached hydrogens (primary N) is 1. The summed E-state index contributed by atoms with van der Waals surface area (Å²) in [5.41, 5.74) is 8.35. The van der Waals surface area contributed by atoms with Gasteiger partial charge in [0.05, 0.1) is 16.6 Å². The average molecular weight is 239 g/mol. The van der Waals surface area contributed by atoms with E-state index in [-0.39, 0.29) is 6.54 Å². The van der Waals surface area contributed by atoms with Crippen molar-refractivity contribution < 1.29 is 5.11 Å².